The van der Waals surface area contributed by atoms with Crippen molar-refractivity contribution in [1.29, 1.82) is 0 Å². The molecule has 0 aromatic heterocycles. The van der Waals surface area contributed by atoms with Gasteiger partial charge in [-0.25, -0.2) is 0 Å². The summed E-state index contributed by atoms with van der Waals surface area (Å²) in [6.07, 6.45) is 0. The van der Waals surface area contributed by atoms with Crippen LogP contribution in [0.4, 0.5) is 0 Å². The second kappa shape index (κ2) is 4.65. The fourth-order valence-corrected chi connectivity index (χ4v) is 2.91. The Hall–Kier alpha value is -0.780. The summed E-state index contributed by atoms with van der Waals surface area (Å²) in [6.45, 7) is 23.3. The summed E-state index contributed by atoms with van der Waals surface area (Å²) in [5, 5.41) is 0. The van der Waals surface area contributed by atoms with Gasteiger partial charge in [-0.2, -0.15) is 0 Å². The third-order valence-corrected chi connectivity index (χ3v) is 5.95. The van der Waals surface area contributed by atoms with E-state index < -0.39 is 0 Å². The van der Waals surface area contributed by atoms with Crippen molar-refractivity contribution in [3.63, 3.8) is 0 Å². The molecule has 0 spiro atoms. The largest absolute Gasteiger partial charge is 0.0596 e. The first-order valence-corrected chi connectivity index (χ1v) is 7.40. The van der Waals surface area contributed by atoms with E-state index in [9.17, 15) is 0 Å². The van der Waals surface area contributed by atoms with E-state index in [4.69, 9.17) is 0 Å². The van der Waals surface area contributed by atoms with E-state index in [0.29, 0.717) is 0 Å². The summed E-state index contributed by atoms with van der Waals surface area (Å²) in [5.74, 6) is 0. The fourth-order valence-electron chi connectivity index (χ4n) is 2.91. The molecule has 0 atom stereocenters. The molecule has 108 valence electrons. The summed E-state index contributed by atoms with van der Waals surface area (Å²) < 4.78 is 0. The molecule has 0 bridgehead atoms. The van der Waals surface area contributed by atoms with Crippen LogP contribution in [-0.2, 0) is 5.41 Å². The first kappa shape index (κ1) is 16.3. The van der Waals surface area contributed by atoms with Crippen LogP contribution in [0.15, 0.2) is 12.1 Å². The predicted octanol–water partition coefficient (Wildman–Crippen LogP) is 5.96. The van der Waals surface area contributed by atoms with Crippen LogP contribution in [0.1, 0.15) is 70.7 Å². The van der Waals surface area contributed by atoms with Gasteiger partial charge in [0.15, 0.2) is 0 Å². The predicted molar refractivity (Wildman–Crippen MR) is 86.9 cm³/mol. The topological polar surface area (TPSA) is 0 Å². The van der Waals surface area contributed by atoms with Gasteiger partial charge in [0.25, 0.3) is 0 Å². The van der Waals surface area contributed by atoms with Crippen molar-refractivity contribution < 1.29 is 0 Å². The van der Waals surface area contributed by atoms with Gasteiger partial charge in [-0.05, 0) is 59.3 Å². The quantitative estimate of drug-likeness (QED) is 0.615. The lowest BCUT2D eigenvalue weighted by atomic mass is 9.53. The van der Waals surface area contributed by atoms with Gasteiger partial charge < -0.3 is 0 Å². The fraction of sp³-hybridized carbons (Fsp3) is 0.684. The van der Waals surface area contributed by atoms with Gasteiger partial charge >= 0.3 is 0 Å². The average Bonchev–Trinajstić information content (AvgIpc) is 2.21. The summed E-state index contributed by atoms with van der Waals surface area (Å²) >= 11 is 0. The molecule has 19 heavy (non-hydrogen) atoms. The zero-order chi connectivity index (χ0) is 15.2. The van der Waals surface area contributed by atoms with Crippen molar-refractivity contribution in [2.24, 2.45) is 10.8 Å². The van der Waals surface area contributed by atoms with Crippen LogP contribution in [0.3, 0.4) is 0 Å². The Morgan fingerprint density at radius 2 is 1.05 bits per heavy atom. The maximum absolute atomic E-state index is 2.40. The molecular formula is C19H32. The van der Waals surface area contributed by atoms with Gasteiger partial charge in [-0.3, -0.25) is 0 Å². The van der Waals surface area contributed by atoms with E-state index >= 15 is 0 Å². The van der Waals surface area contributed by atoms with Crippen LogP contribution in [-0.4, -0.2) is 0 Å². The van der Waals surface area contributed by atoms with Crippen molar-refractivity contribution >= 4 is 0 Å². The van der Waals surface area contributed by atoms with E-state index in [-0.39, 0.29) is 16.2 Å². The molecular weight excluding hydrogens is 228 g/mol. The smallest absolute Gasteiger partial charge is 0.00447 e. The lowest BCUT2D eigenvalue weighted by molar-refractivity contribution is 0.0452. The third kappa shape index (κ3) is 2.59. The number of hydrogen-bond donors (Lipinski definition) is 0. The van der Waals surface area contributed by atoms with Gasteiger partial charge in [-0.15, -0.1) is 0 Å². The zero-order valence-corrected chi connectivity index (χ0v) is 14.7. The minimum absolute atomic E-state index is 0.147. The van der Waals surface area contributed by atoms with E-state index in [2.05, 4.69) is 81.4 Å². The Balaban J connectivity index is 3.48. The minimum Gasteiger partial charge on any atom is -0.0596 e. The highest BCUT2D eigenvalue weighted by Crippen LogP contribution is 2.53. The van der Waals surface area contributed by atoms with Crippen molar-refractivity contribution in [1.82, 2.24) is 0 Å². The lowest BCUT2D eigenvalue weighted by Gasteiger charge is -2.51. The molecule has 0 radical (unpaired) electrons. The van der Waals surface area contributed by atoms with Crippen LogP contribution >= 0.6 is 0 Å². The van der Waals surface area contributed by atoms with Gasteiger partial charge in [0.2, 0.25) is 0 Å². The SMILES string of the molecule is Cc1cc(C)c(C(C)(C)C(C)(C)C(C)(C)C)cc1C. The summed E-state index contributed by atoms with van der Waals surface area (Å²) in [6, 6.07) is 4.74. The molecule has 0 aliphatic carbocycles. The minimum atomic E-state index is 0.147. The maximum atomic E-state index is 2.40. The van der Waals surface area contributed by atoms with Gasteiger partial charge in [-0.1, -0.05) is 60.6 Å². The number of aryl methyl sites for hydroxylation is 3. The Kier molecular flexibility index (Phi) is 3.98. The molecule has 0 nitrogen and oxygen atoms in total. The van der Waals surface area contributed by atoms with Gasteiger partial charge in [0.1, 0.15) is 0 Å². The molecule has 0 heterocycles. The molecule has 0 N–H and O–H groups in total. The summed E-state index contributed by atoms with van der Waals surface area (Å²) in [4.78, 5) is 0. The molecule has 1 aromatic carbocycles. The highest BCUT2D eigenvalue weighted by Gasteiger charge is 2.46. The molecule has 0 aliphatic heterocycles. The monoisotopic (exact) mass is 260 g/mol. The highest BCUT2D eigenvalue weighted by molar-refractivity contribution is 5.41. The number of rotatable bonds is 2. The van der Waals surface area contributed by atoms with E-state index in [1.165, 1.54) is 22.3 Å². The Morgan fingerprint density at radius 3 is 1.47 bits per heavy atom. The molecule has 0 saturated carbocycles. The molecule has 0 amide bonds. The summed E-state index contributed by atoms with van der Waals surface area (Å²) in [5.41, 5.74) is 6.34. The molecule has 0 unspecified atom stereocenters. The second-order valence-electron chi connectivity index (χ2n) is 8.25. The Bertz CT molecular complexity index is 468. The highest BCUT2D eigenvalue weighted by atomic mass is 14.5. The van der Waals surface area contributed by atoms with Gasteiger partial charge in [0.05, 0.1) is 0 Å². The number of benzene rings is 1. The summed E-state index contributed by atoms with van der Waals surface area (Å²) in [7, 11) is 0. The molecule has 0 heteroatoms. The zero-order valence-electron chi connectivity index (χ0n) is 14.7. The third-order valence-electron chi connectivity index (χ3n) is 5.95. The lowest BCUT2D eigenvalue weighted by Crippen LogP contribution is -2.46. The van der Waals surface area contributed by atoms with E-state index in [1.54, 1.807) is 0 Å². The Morgan fingerprint density at radius 1 is 0.632 bits per heavy atom. The molecule has 0 fully saturated rings. The standard InChI is InChI=1S/C19H32/c1-13-11-15(3)16(12-14(13)2)18(7,8)19(9,10)17(4,5)6/h11-12H,1-10H3. The van der Waals surface area contributed by atoms with Crippen LogP contribution < -0.4 is 0 Å². The molecule has 1 aromatic rings. The first-order valence-electron chi connectivity index (χ1n) is 7.40. The van der Waals surface area contributed by atoms with Crippen LogP contribution in [0.5, 0.6) is 0 Å². The molecule has 0 aliphatic rings. The van der Waals surface area contributed by atoms with Crippen LogP contribution in [0.2, 0.25) is 0 Å². The van der Waals surface area contributed by atoms with Crippen molar-refractivity contribution in [2.45, 2.75) is 74.7 Å². The number of hydrogen-bond acceptors (Lipinski definition) is 0. The van der Waals surface area contributed by atoms with E-state index in [1.807, 2.05) is 0 Å². The van der Waals surface area contributed by atoms with Crippen LogP contribution in [0.25, 0.3) is 0 Å². The van der Waals surface area contributed by atoms with Crippen LogP contribution in [0, 0.1) is 31.6 Å². The first-order chi connectivity index (χ1) is 8.32. The van der Waals surface area contributed by atoms with E-state index in [0.717, 1.165) is 0 Å². The molecule has 1 rings (SSSR count). The maximum Gasteiger partial charge on any atom is -0.00447 e. The van der Waals surface area contributed by atoms with Crippen molar-refractivity contribution in [3.8, 4) is 0 Å². The Labute approximate surface area is 120 Å². The second-order valence-corrected chi connectivity index (χ2v) is 8.25. The van der Waals surface area contributed by atoms with Gasteiger partial charge in [0, 0.05) is 0 Å². The normalized spacial score (nSPS) is 13.8. The average molecular weight is 260 g/mol. The van der Waals surface area contributed by atoms with Crippen molar-refractivity contribution in [3.05, 3.63) is 34.4 Å². The van der Waals surface area contributed by atoms with Crippen molar-refractivity contribution in [2.75, 3.05) is 0 Å². The molecule has 0 saturated heterocycles.